The summed E-state index contributed by atoms with van der Waals surface area (Å²) in [5, 5.41) is 3.77. The number of nitrogens with zero attached hydrogens (tertiary/aromatic N) is 1. The largest absolute Gasteiger partial charge is 0.489 e. The molecule has 5 nitrogen and oxygen atoms in total. The zero-order valence-electron chi connectivity index (χ0n) is 10.9. The standard InChI is InChI=1S/C13H17ClN2O3/c1-16(18-2)13(17)15-11-6-5-7-12(10-11)19-9-4-3-8-14/h3-7,10H,8-9H2,1-2H3,(H,15,17). The highest BCUT2D eigenvalue weighted by molar-refractivity contribution is 6.18. The summed E-state index contributed by atoms with van der Waals surface area (Å²) < 4.78 is 5.48. The van der Waals surface area contributed by atoms with Crippen molar-refractivity contribution >= 4 is 23.3 Å². The Morgan fingerprint density at radius 1 is 1.47 bits per heavy atom. The molecule has 19 heavy (non-hydrogen) atoms. The topological polar surface area (TPSA) is 50.8 Å². The fourth-order valence-corrected chi connectivity index (χ4v) is 1.35. The second kappa shape index (κ2) is 8.39. The third kappa shape index (κ3) is 5.63. The van der Waals surface area contributed by atoms with Crippen LogP contribution in [0.15, 0.2) is 36.4 Å². The van der Waals surface area contributed by atoms with E-state index in [9.17, 15) is 4.79 Å². The summed E-state index contributed by atoms with van der Waals surface area (Å²) in [6, 6.07) is 6.74. The van der Waals surface area contributed by atoms with Gasteiger partial charge >= 0.3 is 6.03 Å². The number of urea groups is 1. The number of carbonyl (C=O) groups excluding carboxylic acids is 1. The fourth-order valence-electron chi connectivity index (χ4n) is 1.22. The summed E-state index contributed by atoms with van der Waals surface area (Å²) in [4.78, 5) is 16.4. The van der Waals surface area contributed by atoms with E-state index in [4.69, 9.17) is 21.2 Å². The normalized spacial score (nSPS) is 10.5. The van der Waals surface area contributed by atoms with Gasteiger partial charge in [-0.05, 0) is 12.1 Å². The number of allylic oxidation sites excluding steroid dienone is 1. The molecule has 0 aliphatic heterocycles. The van der Waals surface area contributed by atoms with Crippen molar-refractivity contribution in [3.63, 3.8) is 0 Å². The molecule has 0 spiro atoms. The van der Waals surface area contributed by atoms with Gasteiger partial charge in [-0.3, -0.25) is 4.84 Å². The van der Waals surface area contributed by atoms with Gasteiger partial charge in [-0.25, -0.2) is 9.86 Å². The predicted molar refractivity (Wildman–Crippen MR) is 75.6 cm³/mol. The highest BCUT2D eigenvalue weighted by Gasteiger charge is 2.07. The minimum absolute atomic E-state index is 0.360. The molecule has 104 valence electrons. The lowest BCUT2D eigenvalue weighted by atomic mass is 10.3. The van der Waals surface area contributed by atoms with Crippen molar-refractivity contribution in [2.75, 3.05) is 32.0 Å². The molecule has 2 amide bonds. The van der Waals surface area contributed by atoms with Crippen LogP contribution in [0, 0.1) is 0 Å². The van der Waals surface area contributed by atoms with Crippen LogP contribution in [0.3, 0.4) is 0 Å². The third-order valence-corrected chi connectivity index (χ3v) is 2.43. The van der Waals surface area contributed by atoms with Crippen LogP contribution < -0.4 is 10.1 Å². The van der Waals surface area contributed by atoms with Gasteiger partial charge in [0.05, 0.1) is 7.11 Å². The monoisotopic (exact) mass is 284 g/mol. The Bertz CT molecular complexity index is 438. The first-order chi connectivity index (χ1) is 9.17. The van der Waals surface area contributed by atoms with Gasteiger partial charge in [0.1, 0.15) is 12.4 Å². The highest BCUT2D eigenvalue weighted by atomic mass is 35.5. The SMILES string of the molecule is CON(C)C(=O)Nc1cccc(OCC=CCCl)c1. The van der Waals surface area contributed by atoms with E-state index in [0.29, 0.717) is 23.9 Å². The van der Waals surface area contributed by atoms with E-state index < -0.39 is 0 Å². The zero-order chi connectivity index (χ0) is 14.1. The predicted octanol–water partition coefficient (Wildman–Crippen LogP) is 2.89. The Kier molecular flexibility index (Phi) is 6.78. The average molecular weight is 285 g/mol. The van der Waals surface area contributed by atoms with Crippen molar-refractivity contribution in [1.29, 1.82) is 0 Å². The van der Waals surface area contributed by atoms with Gasteiger partial charge in [-0.15, -0.1) is 11.6 Å². The average Bonchev–Trinajstić information content (AvgIpc) is 2.43. The second-order valence-electron chi connectivity index (χ2n) is 3.57. The third-order valence-electron chi connectivity index (χ3n) is 2.25. The molecule has 0 aliphatic rings. The molecule has 1 N–H and O–H groups in total. The van der Waals surface area contributed by atoms with Crippen molar-refractivity contribution in [2.45, 2.75) is 0 Å². The summed E-state index contributed by atoms with van der Waals surface area (Å²) in [6.07, 6.45) is 3.64. The first-order valence-corrected chi connectivity index (χ1v) is 6.23. The van der Waals surface area contributed by atoms with Crippen molar-refractivity contribution < 1.29 is 14.4 Å². The number of rotatable bonds is 6. The van der Waals surface area contributed by atoms with Crippen LogP contribution in [0.25, 0.3) is 0 Å². The number of hydrogen-bond acceptors (Lipinski definition) is 3. The summed E-state index contributed by atoms with van der Waals surface area (Å²) in [6.45, 7) is 0.433. The molecule has 0 aliphatic carbocycles. The molecule has 0 radical (unpaired) electrons. The molecule has 0 atom stereocenters. The molecule has 1 aromatic rings. The molecular formula is C13H17ClN2O3. The molecule has 0 aromatic heterocycles. The Labute approximate surface area is 117 Å². The van der Waals surface area contributed by atoms with Gasteiger partial charge in [0, 0.05) is 24.7 Å². The molecule has 1 aromatic carbocycles. The number of amides is 2. The van der Waals surface area contributed by atoms with Crippen LogP contribution in [0.1, 0.15) is 0 Å². The maximum atomic E-state index is 11.6. The summed E-state index contributed by atoms with van der Waals surface area (Å²) in [7, 11) is 2.94. The van der Waals surface area contributed by atoms with Gasteiger partial charge in [0.15, 0.2) is 0 Å². The molecular weight excluding hydrogens is 268 g/mol. The van der Waals surface area contributed by atoms with E-state index in [1.807, 2.05) is 12.1 Å². The smallest absolute Gasteiger partial charge is 0.345 e. The van der Waals surface area contributed by atoms with E-state index in [1.165, 1.54) is 14.2 Å². The summed E-state index contributed by atoms with van der Waals surface area (Å²) in [5.74, 6) is 1.13. The Hall–Kier alpha value is -1.72. The number of hydroxylamine groups is 2. The number of anilines is 1. The van der Waals surface area contributed by atoms with Crippen molar-refractivity contribution in [3.05, 3.63) is 36.4 Å². The summed E-state index contributed by atoms with van der Waals surface area (Å²) >= 11 is 5.50. The van der Waals surface area contributed by atoms with E-state index >= 15 is 0 Å². The molecule has 6 heteroatoms. The van der Waals surface area contributed by atoms with Crippen molar-refractivity contribution in [1.82, 2.24) is 5.06 Å². The Morgan fingerprint density at radius 2 is 2.26 bits per heavy atom. The van der Waals surface area contributed by atoms with E-state index in [2.05, 4.69) is 5.32 Å². The molecule has 0 saturated carbocycles. The van der Waals surface area contributed by atoms with Crippen LogP contribution in [0.2, 0.25) is 0 Å². The number of alkyl halides is 1. The maximum Gasteiger partial charge on any atom is 0.345 e. The van der Waals surface area contributed by atoms with Gasteiger partial charge in [-0.2, -0.15) is 0 Å². The van der Waals surface area contributed by atoms with Gasteiger partial charge in [-0.1, -0.05) is 18.2 Å². The van der Waals surface area contributed by atoms with Gasteiger partial charge < -0.3 is 10.1 Å². The molecule has 1 rings (SSSR count). The Morgan fingerprint density at radius 3 is 2.95 bits per heavy atom. The van der Waals surface area contributed by atoms with Crippen LogP contribution in [-0.4, -0.2) is 37.7 Å². The van der Waals surface area contributed by atoms with Crippen LogP contribution in [0.4, 0.5) is 10.5 Å². The lowest BCUT2D eigenvalue weighted by molar-refractivity contribution is -0.0598. The number of hydrogen-bond donors (Lipinski definition) is 1. The number of nitrogens with one attached hydrogen (secondary N) is 1. The van der Waals surface area contributed by atoms with Gasteiger partial charge in [0.2, 0.25) is 0 Å². The summed E-state index contributed by atoms with van der Waals surface area (Å²) in [5.41, 5.74) is 0.632. The second-order valence-corrected chi connectivity index (χ2v) is 3.88. The van der Waals surface area contributed by atoms with Gasteiger partial charge in [0.25, 0.3) is 0 Å². The lowest BCUT2D eigenvalue weighted by Crippen LogP contribution is -2.30. The lowest BCUT2D eigenvalue weighted by Gasteiger charge is -2.15. The first-order valence-electron chi connectivity index (χ1n) is 5.70. The molecule has 0 unspecified atom stereocenters. The zero-order valence-corrected chi connectivity index (χ0v) is 11.7. The first kappa shape index (κ1) is 15.3. The van der Waals surface area contributed by atoms with E-state index in [0.717, 1.165) is 5.06 Å². The maximum absolute atomic E-state index is 11.6. The number of halogens is 1. The Balaban J connectivity index is 2.56. The molecule has 0 heterocycles. The van der Waals surface area contributed by atoms with Crippen molar-refractivity contribution in [3.8, 4) is 5.75 Å². The quantitative estimate of drug-likeness (QED) is 0.496. The van der Waals surface area contributed by atoms with E-state index in [1.54, 1.807) is 24.3 Å². The number of carbonyl (C=O) groups is 1. The highest BCUT2D eigenvalue weighted by Crippen LogP contribution is 2.17. The number of ether oxygens (including phenoxy) is 1. The minimum atomic E-state index is -0.360. The molecule has 0 fully saturated rings. The van der Waals surface area contributed by atoms with Crippen LogP contribution >= 0.6 is 11.6 Å². The van der Waals surface area contributed by atoms with Crippen LogP contribution in [-0.2, 0) is 4.84 Å². The number of benzene rings is 1. The van der Waals surface area contributed by atoms with E-state index in [-0.39, 0.29) is 6.03 Å². The molecule has 0 bridgehead atoms. The molecule has 0 saturated heterocycles. The van der Waals surface area contributed by atoms with Crippen molar-refractivity contribution in [2.24, 2.45) is 0 Å². The van der Waals surface area contributed by atoms with Crippen LogP contribution in [0.5, 0.6) is 5.75 Å². The minimum Gasteiger partial charge on any atom is -0.489 e. The fraction of sp³-hybridized carbons (Fsp3) is 0.308.